The zero-order valence-electron chi connectivity index (χ0n) is 5.93. The zero-order valence-corrected chi connectivity index (χ0v) is 9.41. The molecular formula is C6H13BiO. The van der Waals surface area contributed by atoms with Crippen LogP contribution in [-0.4, -0.2) is 30.8 Å². The molecule has 0 atom stereocenters. The van der Waals surface area contributed by atoms with E-state index in [2.05, 4.69) is 27.7 Å². The molecule has 2 radical (unpaired) electrons. The van der Waals surface area contributed by atoms with E-state index in [4.69, 9.17) is 2.81 Å². The second-order valence-electron chi connectivity index (χ2n) is 2.85. The molecule has 0 aromatic rings. The van der Waals surface area contributed by atoms with E-state index < -0.39 is 0 Å². The summed E-state index contributed by atoms with van der Waals surface area (Å²) in [5.41, 5.74) is 0.0910. The van der Waals surface area contributed by atoms with Crippen molar-refractivity contribution in [2.75, 3.05) is 0 Å². The maximum absolute atomic E-state index is 5.31. The van der Waals surface area contributed by atoms with E-state index in [0.29, 0.717) is 5.92 Å². The normalized spacial score (nSPS) is 12.8. The van der Waals surface area contributed by atoms with Crippen molar-refractivity contribution >= 4 is 25.2 Å². The van der Waals surface area contributed by atoms with Crippen molar-refractivity contribution in [3.63, 3.8) is 0 Å². The van der Waals surface area contributed by atoms with Crippen LogP contribution in [-0.2, 0) is 2.81 Å². The maximum atomic E-state index is 5.31. The minimum absolute atomic E-state index is 0.0910. The van der Waals surface area contributed by atoms with Crippen molar-refractivity contribution in [1.82, 2.24) is 0 Å². The van der Waals surface area contributed by atoms with Crippen molar-refractivity contribution in [2.45, 2.75) is 33.3 Å². The Morgan fingerprint density at radius 3 is 1.75 bits per heavy atom. The average molecular weight is 310 g/mol. The number of hydrogen-bond donors (Lipinski definition) is 0. The Balaban J connectivity index is 3.71. The Kier molecular flexibility index (Phi) is 3.45. The van der Waals surface area contributed by atoms with Crippen LogP contribution in [0.25, 0.3) is 0 Å². The number of hydrogen-bond acceptors (Lipinski definition) is 1. The van der Waals surface area contributed by atoms with Gasteiger partial charge >= 0.3 is 67.2 Å². The Morgan fingerprint density at radius 2 is 1.75 bits per heavy atom. The third-order valence-corrected chi connectivity index (χ3v) is 3.45. The van der Waals surface area contributed by atoms with Crippen LogP contribution in [0.5, 0.6) is 0 Å². The molecule has 0 aromatic heterocycles. The standard InChI is InChI=1S/C6H13O.Bi/c1-5(2)6(3,4)7;/h5H,1-4H3;/q-1;+1. The molecule has 0 aromatic carbocycles. The van der Waals surface area contributed by atoms with Crippen LogP contribution in [0.4, 0.5) is 0 Å². The molecule has 0 rings (SSSR count). The molecule has 0 saturated heterocycles. The molecular weight excluding hydrogens is 297 g/mol. The summed E-state index contributed by atoms with van der Waals surface area (Å²) in [7, 11) is 0. The van der Waals surface area contributed by atoms with E-state index in [1.165, 1.54) is 0 Å². The summed E-state index contributed by atoms with van der Waals surface area (Å²) < 4.78 is 5.31. The van der Waals surface area contributed by atoms with Gasteiger partial charge in [-0.15, -0.1) is 0 Å². The summed E-state index contributed by atoms with van der Waals surface area (Å²) in [5.74, 6) is 0.618. The molecule has 0 N–H and O–H groups in total. The molecule has 1 nitrogen and oxygen atoms in total. The summed E-state index contributed by atoms with van der Waals surface area (Å²) in [6.45, 7) is 8.59. The summed E-state index contributed by atoms with van der Waals surface area (Å²) in [6.07, 6.45) is 0. The predicted molar refractivity (Wildman–Crippen MR) is 35.8 cm³/mol. The predicted octanol–water partition coefficient (Wildman–Crippen LogP) is 1.52. The Hall–Kier alpha value is 0.843. The Bertz CT molecular complexity index is 68.9. The molecule has 0 amide bonds. The Morgan fingerprint density at radius 1 is 1.38 bits per heavy atom. The molecule has 0 heterocycles. The van der Waals surface area contributed by atoms with Gasteiger partial charge in [0.2, 0.25) is 0 Å². The van der Waals surface area contributed by atoms with Crippen LogP contribution in [0.2, 0.25) is 0 Å². The van der Waals surface area contributed by atoms with Crippen molar-refractivity contribution in [3.8, 4) is 0 Å². The van der Waals surface area contributed by atoms with Gasteiger partial charge in [-0.25, -0.2) is 0 Å². The van der Waals surface area contributed by atoms with Crippen molar-refractivity contribution in [2.24, 2.45) is 5.92 Å². The molecule has 0 aliphatic heterocycles. The second-order valence-corrected chi connectivity index (χ2v) is 3.56. The van der Waals surface area contributed by atoms with Crippen LogP contribution in [0, 0.1) is 5.92 Å². The van der Waals surface area contributed by atoms with Gasteiger partial charge in [-0.3, -0.25) is 0 Å². The van der Waals surface area contributed by atoms with Crippen LogP contribution in [0.15, 0.2) is 0 Å². The van der Waals surface area contributed by atoms with Crippen molar-refractivity contribution in [1.29, 1.82) is 0 Å². The van der Waals surface area contributed by atoms with Crippen LogP contribution < -0.4 is 0 Å². The van der Waals surface area contributed by atoms with Crippen molar-refractivity contribution in [3.05, 3.63) is 0 Å². The topological polar surface area (TPSA) is 9.23 Å². The SMILES string of the molecule is CC(C)C(C)(C)[O][Bi]. The van der Waals surface area contributed by atoms with Gasteiger partial charge in [0.05, 0.1) is 0 Å². The fourth-order valence-electron chi connectivity index (χ4n) is 0.105. The molecule has 0 unspecified atom stereocenters. The number of rotatable bonds is 2. The fraction of sp³-hybridized carbons (Fsp3) is 1.00. The van der Waals surface area contributed by atoms with E-state index in [-0.39, 0.29) is 5.60 Å². The van der Waals surface area contributed by atoms with E-state index in [1.54, 1.807) is 0 Å². The third-order valence-electron chi connectivity index (χ3n) is 1.63. The van der Waals surface area contributed by atoms with E-state index in [1.807, 2.05) is 0 Å². The fourth-order valence-corrected chi connectivity index (χ4v) is 0.925. The summed E-state index contributed by atoms with van der Waals surface area (Å²) >= 11 is 1.03. The first-order chi connectivity index (χ1) is 3.50. The molecule has 0 fully saturated rings. The van der Waals surface area contributed by atoms with Crippen LogP contribution in [0.3, 0.4) is 0 Å². The molecule has 0 spiro atoms. The van der Waals surface area contributed by atoms with Crippen LogP contribution in [0.1, 0.15) is 27.7 Å². The first kappa shape index (κ1) is 8.84. The quantitative estimate of drug-likeness (QED) is 0.703. The van der Waals surface area contributed by atoms with Gasteiger partial charge in [-0.2, -0.15) is 0 Å². The molecule has 8 heavy (non-hydrogen) atoms. The van der Waals surface area contributed by atoms with Gasteiger partial charge < -0.3 is 0 Å². The molecule has 0 aliphatic carbocycles. The Labute approximate surface area is 67.3 Å². The van der Waals surface area contributed by atoms with Gasteiger partial charge in [-0.05, 0) is 0 Å². The summed E-state index contributed by atoms with van der Waals surface area (Å²) in [5, 5.41) is 0. The van der Waals surface area contributed by atoms with Crippen molar-refractivity contribution < 1.29 is 2.81 Å². The van der Waals surface area contributed by atoms with Crippen LogP contribution >= 0.6 is 0 Å². The van der Waals surface area contributed by atoms with E-state index in [9.17, 15) is 0 Å². The van der Waals surface area contributed by atoms with E-state index >= 15 is 0 Å². The second kappa shape index (κ2) is 3.12. The average Bonchev–Trinajstić information content (AvgIpc) is 1.67. The molecule has 0 bridgehead atoms. The molecule has 2 heteroatoms. The van der Waals surface area contributed by atoms with Gasteiger partial charge in [-0.1, -0.05) is 0 Å². The first-order valence-corrected chi connectivity index (χ1v) is 4.25. The van der Waals surface area contributed by atoms with Gasteiger partial charge in [0.1, 0.15) is 0 Å². The van der Waals surface area contributed by atoms with Gasteiger partial charge in [0.25, 0.3) is 0 Å². The summed E-state index contributed by atoms with van der Waals surface area (Å²) in [4.78, 5) is 0. The van der Waals surface area contributed by atoms with Gasteiger partial charge in [0.15, 0.2) is 0 Å². The van der Waals surface area contributed by atoms with Gasteiger partial charge in [0, 0.05) is 0 Å². The summed E-state index contributed by atoms with van der Waals surface area (Å²) in [6, 6.07) is 0. The molecule has 0 aliphatic rings. The first-order valence-electron chi connectivity index (χ1n) is 2.83. The molecule has 0 saturated carbocycles. The van der Waals surface area contributed by atoms with E-state index in [0.717, 1.165) is 25.2 Å². The monoisotopic (exact) mass is 310 g/mol. The minimum atomic E-state index is 0.0910. The third kappa shape index (κ3) is 2.41. The molecule has 48 valence electrons. The zero-order chi connectivity index (χ0) is 6.78.